The Labute approximate surface area is 139 Å². The minimum absolute atomic E-state index is 0.130. The van der Waals surface area contributed by atoms with Crippen LogP contribution >= 0.6 is 0 Å². The molecule has 2 aliphatic rings. The normalized spacial score (nSPS) is 25.6. The van der Waals surface area contributed by atoms with E-state index in [0.717, 1.165) is 12.8 Å². The van der Waals surface area contributed by atoms with Crippen LogP contribution in [0.4, 0.5) is 0 Å². The number of hydrogen-bond acceptors (Lipinski definition) is 3. The van der Waals surface area contributed by atoms with Crippen molar-refractivity contribution in [3.8, 4) is 0 Å². The second-order valence-corrected chi connectivity index (χ2v) is 7.15. The van der Waals surface area contributed by atoms with Crippen molar-refractivity contribution in [1.29, 1.82) is 0 Å². The van der Waals surface area contributed by atoms with Gasteiger partial charge in [-0.3, -0.25) is 4.79 Å². The van der Waals surface area contributed by atoms with Gasteiger partial charge in [0.15, 0.2) is 5.76 Å². The quantitative estimate of drug-likeness (QED) is 0.797. The highest BCUT2D eigenvalue weighted by Gasteiger charge is 2.25. The molecule has 2 atom stereocenters. The summed E-state index contributed by atoms with van der Waals surface area (Å²) in [6, 6.07) is 1.93. The third-order valence-electron chi connectivity index (χ3n) is 5.43. The lowest BCUT2D eigenvalue weighted by Crippen LogP contribution is -2.28. The van der Waals surface area contributed by atoms with Crippen molar-refractivity contribution in [2.24, 2.45) is 5.92 Å². The molecule has 2 unspecified atom stereocenters. The van der Waals surface area contributed by atoms with Crippen LogP contribution in [0.2, 0.25) is 0 Å². The fraction of sp³-hybridized carbons (Fsp3) is 0.737. The Bertz CT molecular complexity index is 504. The molecule has 0 spiro atoms. The van der Waals surface area contributed by atoms with Crippen LogP contribution in [-0.2, 0) is 4.74 Å². The highest BCUT2D eigenvalue weighted by Crippen LogP contribution is 2.38. The van der Waals surface area contributed by atoms with Crippen molar-refractivity contribution >= 4 is 5.91 Å². The molecule has 0 radical (unpaired) electrons. The molecule has 0 aromatic carbocycles. The number of furan rings is 1. The van der Waals surface area contributed by atoms with Gasteiger partial charge >= 0.3 is 0 Å². The predicted molar refractivity (Wildman–Crippen MR) is 89.6 cm³/mol. The molecular weight excluding hydrogens is 290 g/mol. The Hall–Kier alpha value is -1.29. The maximum absolute atomic E-state index is 12.2. The van der Waals surface area contributed by atoms with E-state index in [2.05, 4.69) is 12.2 Å². The number of nitrogens with one attached hydrogen (secondary N) is 1. The van der Waals surface area contributed by atoms with Crippen molar-refractivity contribution in [2.45, 2.75) is 70.3 Å². The Balaban J connectivity index is 1.44. The Morgan fingerprint density at radius 2 is 1.96 bits per heavy atom. The van der Waals surface area contributed by atoms with Gasteiger partial charge in [-0.2, -0.15) is 0 Å². The minimum Gasteiger partial charge on any atom is -0.459 e. The zero-order chi connectivity index (χ0) is 16.1. The standard InChI is InChI=1S/C19H29NO3/c1-14-6-2-5-9-17(14)15-12-18(23-13-15)19(21)20-10-11-22-16-7-3-4-8-16/h12-14,16-17H,2-11H2,1H3,(H,20,21). The van der Waals surface area contributed by atoms with E-state index in [4.69, 9.17) is 9.15 Å². The minimum atomic E-state index is -0.130. The summed E-state index contributed by atoms with van der Waals surface area (Å²) in [4.78, 5) is 12.2. The number of carbonyl (C=O) groups excluding carboxylic acids is 1. The highest BCUT2D eigenvalue weighted by atomic mass is 16.5. The van der Waals surface area contributed by atoms with Gasteiger partial charge in [0.05, 0.1) is 19.0 Å². The van der Waals surface area contributed by atoms with Gasteiger partial charge in [0.25, 0.3) is 5.91 Å². The topological polar surface area (TPSA) is 51.5 Å². The van der Waals surface area contributed by atoms with Crippen molar-refractivity contribution in [2.75, 3.05) is 13.2 Å². The number of hydrogen-bond donors (Lipinski definition) is 1. The van der Waals surface area contributed by atoms with Crippen LogP contribution < -0.4 is 5.32 Å². The zero-order valence-electron chi connectivity index (χ0n) is 14.2. The molecule has 23 heavy (non-hydrogen) atoms. The lowest BCUT2D eigenvalue weighted by atomic mass is 9.77. The second kappa shape index (κ2) is 8.00. The van der Waals surface area contributed by atoms with Gasteiger partial charge in [-0.25, -0.2) is 0 Å². The first kappa shape index (κ1) is 16.6. The zero-order valence-corrected chi connectivity index (χ0v) is 14.2. The van der Waals surface area contributed by atoms with Crippen LogP contribution in [0.25, 0.3) is 0 Å². The fourth-order valence-electron chi connectivity index (χ4n) is 4.01. The lowest BCUT2D eigenvalue weighted by Gasteiger charge is -2.27. The first-order valence-electron chi connectivity index (χ1n) is 9.22. The summed E-state index contributed by atoms with van der Waals surface area (Å²) in [5.41, 5.74) is 1.18. The van der Waals surface area contributed by atoms with E-state index in [9.17, 15) is 4.79 Å². The van der Waals surface area contributed by atoms with Gasteiger partial charge in [0.2, 0.25) is 0 Å². The summed E-state index contributed by atoms with van der Waals surface area (Å²) in [6.07, 6.45) is 12.1. The molecule has 1 aromatic rings. The Morgan fingerprint density at radius 3 is 2.74 bits per heavy atom. The molecule has 0 aliphatic heterocycles. The maximum atomic E-state index is 12.2. The molecule has 2 saturated carbocycles. The molecule has 0 saturated heterocycles. The van der Waals surface area contributed by atoms with Crippen LogP contribution in [0.1, 0.15) is 80.3 Å². The van der Waals surface area contributed by atoms with Gasteiger partial charge in [-0.1, -0.05) is 39.0 Å². The molecule has 1 aromatic heterocycles. The van der Waals surface area contributed by atoms with Gasteiger partial charge in [0.1, 0.15) is 0 Å². The Morgan fingerprint density at radius 1 is 1.22 bits per heavy atom. The summed E-state index contributed by atoms with van der Waals surface area (Å²) >= 11 is 0. The second-order valence-electron chi connectivity index (χ2n) is 7.15. The molecule has 0 bridgehead atoms. The summed E-state index contributed by atoms with van der Waals surface area (Å²) in [7, 11) is 0. The first-order chi connectivity index (χ1) is 11.2. The fourth-order valence-corrected chi connectivity index (χ4v) is 4.01. The van der Waals surface area contributed by atoms with Crippen LogP contribution in [0.3, 0.4) is 0 Å². The number of ether oxygens (including phenoxy) is 1. The van der Waals surface area contributed by atoms with E-state index >= 15 is 0 Å². The lowest BCUT2D eigenvalue weighted by molar-refractivity contribution is 0.0577. The summed E-state index contributed by atoms with van der Waals surface area (Å²) in [5, 5.41) is 2.89. The molecule has 2 aliphatic carbocycles. The van der Waals surface area contributed by atoms with Gasteiger partial charge in [-0.15, -0.1) is 0 Å². The number of amides is 1. The molecule has 1 amide bonds. The first-order valence-corrected chi connectivity index (χ1v) is 9.22. The molecular formula is C19H29NO3. The summed E-state index contributed by atoms with van der Waals surface area (Å²) in [6.45, 7) is 3.44. The number of rotatable bonds is 6. The molecule has 3 rings (SSSR count). The van der Waals surface area contributed by atoms with Gasteiger partial charge in [0, 0.05) is 6.54 Å². The molecule has 4 nitrogen and oxygen atoms in total. The molecule has 2 fully saturated rings. The van der Waals surface area contributed by atoms with Crippen molar-refractivity contribution in [3.05, 3.63) is 23.7 Å². The number of carbonyl (C=O) groups is 1. The van der Waals surface area contributed by atoms with E-state index in [1.54, 1.807) is 6.26 Å². The highest BCUT2D eigenvalue weighted by molar-refractivity contribution is 5.91. The van der Waals surface area contributed by atoms with Crippen molar-refractivity contribution in [1.82, 2.24) is 5.32 Å². The molecule has 128 valence electrons. The third kappa shape index (κ3) is 4.37. The van der Waals surface area contributed by atoms with Crippen LogP contribution in [0, 0.1) is 5.92 Å². The summed E-state index contributed by atoms with van der Waals surface area (Å²) in [5.74, 6) is 1.52. The molecule has 1 heterocycles. The van der Waals surface area contributed by atoms with E-state index in [1.165, 1.54) is 44.1 Å². The molecule has 1 N–H and O–H groups in total. The van der Waals surface area contributed by atoms with E-state index in [-0.39, 0.29) is 5.91 Å². The van der Waals surface area contributed by atoms with E-state index < -0.39 is 0 Å². The van der Waals surface area contributed by atoms with Crippen molar-refractivity contribution < 1.29 is 13.9 Å². The van der Waals surface area contributed by atoms with Crippen LogP contribution in [-0.4, -0.2) is 25.2 Å². The average Bonchev–Trinajstić information content (AvgIpc) is 3.23. The summed E-state index contributed by atoms with van der Waals surface area (Å²) < 4.78 is 11.3. The van der Waals surface area contributed by atoms with Crippen LogP contribution in [0.5, 0.6) is 0 Å². The largest absolute Gasteiger partial charge is 0.459 e. The molecule has 4 heteroatoms. The van der Waals surface area contributed by atoms with E-state index in [0.29, 0.717) is 36.9 Å². The van der Waals surface area contributed by atoms with Gasteiger partial charge < -0.3 is 14.5 Å². The third-order valence-corrected chi connectivity index (χ3v) is 5.43. The van der Waals surface area contributed by atoms with Crippen molar-refractivity contribution in [3.63, 3.8) is 0 Å². The monoisotopic (exact) mass is 319 g/mol. The maximum Gasteiger partial charge on any atom is 0.287 e. The van der Waals surface area contributed by atoms with Crippen LogP contribution in [0.15, 0.2) is 16.7 Å². The van der Waals surface area contributed by atoms with Gasteiger partial charge in [-0.05, 0) is 42.7 Å². The smallest absolute Gasteiger partial charge is 0.287 e. The Kier molecular flexibility index (Phi) is 5.76. The average molecular weight is 319 g/mol. The van der Waals surface area contributed by atoms with E-state index in [1.807, 2.05) is 6.07 Å². The SMILES string of the molecule is CC1CCCCC1c1coc(C(=O)NCCOC2CCCC2)c1. The predicted octanol–water partition coefficient (Wildman–Crippen LogP) is 4.26.